The van der Waals surface area contributed by atoms with Crippen LogP contribution in [0, 0.1) is 17.8 Å². The van der Waals surface area contributed by atoms with Crippen molar-refractivity contribution in [2.75, 3.05) is 32.7 Å². The molecule has 2 amide bonds. The highest BCUT2D eigenvalue weighted by Gasteiger charge is 2.65. The maximum atomic E-state index is 13.2. The molecule has 3 fully saturated rings. The molecule has 2 aliphatic carbocycles. The van der Waals surface area contributed by atoms with Gasteiger partial charge in [-0.3, -0.25) is 14.5 Å². The van der Waals surface area contributed by atoms with Gasteiger partial charge >= 0.3 is 0 Å². The fraction of sp³-hybridized carbons (Fsp3) is 0.600. The molecule has 1 N–H and O–H groups in total. The average Bonchev–Trinajstić information content (AvgIpc) is 3.21. The number of alkyl halides is 2. The monoisotopic (exact) mass is 489 g/mol. The second kappa shape index (κ2) is 8.12. The lowest BCUT2D eigenvalue weighted by Gasteiger charge is -2.35. The van der Waals surface area contributed by atoms with Gasteiger partial charge in [0.15, 0.2) is 0 Å². The second-order valence-electron chi connectivity index (χ2n) is 8.23. The Morgan fingerprint density at radius 1 is 1.17 bits per heavy atom. The van der Waals surface area contributed by atoms with E-state index in [-0.39, 0.29) is 49.0 Å². The lowest BCUT2D eigenvalue weighted by molar-refractivity contribution is -0.135. The Labute approximate surface area is 181 Å². The van der Waals surface area contributed by atoms with Gasteiger partial charge < -0.3 is 10.2 Å². The van der Waals surface area contributed by atoms with Gasteiger partial charge in [-0.15, -0.1) is 0 Å². The number of hydrogen-bond acceptors (Lipinski definition) is 3. The zero-order chi connectivity index (χ0) is 20.8. The number of nitrogens with zero attached hydrogens (tertiary/aromatic N) is 2. The van der Waals surface area contributed by atoms with Crippen molar-refractivity contribution in [1.29, 1.82) is 0 Å². The largest absolute Gasteiger partial charge is 0.347 e. The molecule has 1 aromatic rings. The summed E-state index contributed by atoms with van der Waals surface area (Å²) in [5.41, 5.74) is 1.04. The van der Waals surface area contributed by atoms with Crippen molar-refractivity contribution in [2.45, 2.75) is 25.3 Å². The third kappa shape index (κ3) is 4.75. The first-order valence-corrected chi connectivity index (χ1v) is 11.0. The third-order valence-electron chi connectivity index (χ3n) is 6.24. The van der Waals surface area contributed by atoms with Crippen molar-refractivity contribution in [2.24, 2.45) is 17.8 Å². The normalized spacial score (nSPS) is 28.1. The lowest BCUT2D eigenvalue weighted by Crippen LogP contribution is -2.51. The van der Waals surface area contributed by atoms with E-state index in [1.165, 1.54) is 0 Å². The van der Waals surface area contributed by atoms with Crippen molar-refractivity contribution in [3.8, 4) is 0 Å². The molecular formula is C20H23BrClF2N3O2. The van der Waals surface area contributed by atoms with Gasteiger partial charge in [0.2, 0.25) is 17.7 Å². The van der Waals surface area contributed by atoms with Crippen LogP contribution in [0.4, 0.5) is 8.78 Å². The summed E-state index contributed by atoms with van der Waals surface area (Å²) in [6, 6.07) is 5.76. The fourth-order valence-electron chi connectivity index (χ4n) is 4.62. The molecule has 9 heteroatoms. The quantitative estimate of drug-likeness (QED) is 0.690. The van der Waals surface area contributed by atoms with Crippen LogP contribution >= 0.6 is 27.5 Å². The SMILES string of the molecule is O=C(NCC(=O)N1CCN(Cc2cc(Br)ccc2Cl)CC1)C1C2CC(F)(F)CC21. The highest BCUT2D eigenvalue weighted by atomic mass is 79.9. The summed E-state index contributed by atoms with van der Waals surface area (Å²) in [4.78, 5) is 28.6. The van der Waals surface area contributed by atoms with Gasteiger partial charge in [0.25, 0.3) is 0 Å². The smallest absolute Gasteiger partial charge is 0.248 e. The molecular weight excluding hydrogens is 468 g/mol. The van der Waals surface area contributed by atoms with Crippen LogP contribution in [0.15, 0.2) is 22.7 Å². The van der Waals surface area contributed by atoms with E-state index in [0.29, 0.717) is 19.6 Å². The predicted octanol–water partition coefficient (Wildman–Crippen LogP) is 3.15. The summed E-state index contributed by atoms with van der Waals surface area (Å²) < 4.78 is 27.4. The molecule has 1 aromatic carbocycles. The highest BCUT2D eigenvalue weighted by molar-refractivity contribution is 9.10. The first-order chi connectivity index (χ1) is 13.7. The summed E-state index contributed by atoms with van der Waals surface area (Å²) in [6.07, 6.45) is -0.401. The Kier molecular flexibility index (Phi) is 5.88. The molecule has 1 aliphatic heterocycles. The number of amides is 2. The number of carbonyl (C=O) groups is 2. The first kappa shape index (κ1) is 21.0. The van der Waals surface area contributed by atoms with Gasteiger partial charge in [0, 0.05) is 61.0 Å². The average molecular weight is 491 g/mol. The van der Waals surface area contributed by atoms with Gasteiger partial charge in [-0.2, -0.15) is 0 Å². The van der Waals surface area contributed by atoms with Gasteiger partial charge in [-0.1, -0.05) is 27.5 Å². The van der Waals surface area contributed by atoms with E-state index in [4.69, 9.17) is 11.6 Å². The molecule has 3 aliphatic rings. The van der Waals surface area contributed by atoms with E-state index in [0.717, 1.165) is 28.1 Å². The Balaban J connectivity index is 1.19. The number of rotatable bonds is 5. The molecule has 2 unspecified atom stereocenters. The van der Waals surface area contributed by atoms with Crippen LogP contribution < -0.4 is 5.32 Å². The predicted molar refractivity (Wildman–Crippen MR) is 109 cm³/mol. The first-order valence-electron chi connectivity index (χ1n) is 9.83. The molecule has 1 saturated heterocycles. The van der Waals surface area contributed by atoms with Crippen molar-refractivity contribution in [3.05, 3.63) is 33.3 Å². The van der Waals surface area contributed by atoms with Gasteiger partial charge in [0.1, 0.15) is 0 Å². The third-order valence-corrected chi connectivity index (χ3v) is 7.11. The Bertz CT molecular complexity index is 803. The molecule has 4 rings (SSSR count). The summed E-state index contributed by atoms with van der Waals surface area (Å²) in [7, 11) is 0. The van der Waals surface area contributed by atoms with Gasteiger partial charge in [0.05, 0.1) is 6.54 Å². The summed E-state index contributed by atoms with van der Waals surface area (Å²) in [5.74, 6) is -3.78. The van der Waals surface area contributed by atoms with E-state index >= 15 is 0 Å². The summed E-state index contributed by atoms with van der Waals surface area (Å²) in [6.45, 7) is 3.27. The number of benzene rings is 1. The standard InChI is InChI=1S/C20H23BrClF2N3O2/c21-13-1-2-16(22)12(7-13)11-26-3-5-27(6-4-26)17(28)10-25-19(29)18-14-8-20(23,24)9-15(14)18/h1-2,7,14-15,18H,3-6,8-11H2,(H,25,29). The topological polar surface area (TPSA) is 52.7 Å². The number of nitrogens with one attached hydrogen (secondary N) is 1. The molecule has 0 aromatic heterocycles. The van der Waals surface area contributed by atoms with Crippen LogP contribution in [0.5, 0.6) is 0 Å². The second-order valence-corrected chi connectivity index (χ2v) is 9.55. The number of piperazine rings is 1. The Morgan fingerprint density at radius 3 is 2.48 bits per heavy atom. The van der Waals surface area contributed by atoms with Gasteiger partial charge in [-0.05, 0) is 35.6 Å². The lowest BCUT2D eigenvalue weighted by atomic mass is 10.1. The van der Waals surface area contributed by atoms with E-state index in [9.17, 15) is 18.4 Å². The van der Waals surface area contributed by atoms with E-state index in [1.54, 1.807) is 4.90 Å². The van der Waals surface area contributed by atoms with Gasteiger partial charge in [-0.25, -0.2) is 8.78 Å². The van der Waals surface area contributed by atoms with E-state index in [1.807, 2.05) is 18.2 Å². The zero-order valence-electron chi connectivity index (χ0n) is 15.8. The number of hydrogen-bond donors (Lipinski definition) is 1. The molecule has 158 valence electrons. The van der Waals surface area contributed by atoms with Crippen molar-refractivity contribution < 1.29 is 18.4 Å². The molecule has 2 atom stereocenters. The minimum absolute atomic E-state index is 0.0668. The van der Waals surface area contributed by atoms with Crippen LogP contribution in [0.1, 0.15) is 18.4 Å². The molecule has 5 nitrogen and oxygen atoms in total. The Morgan fingerprint density at radius 2 is 1.83 bits per heavy atom. The molecule has 1 heterocycles. The van der Waals surface area contributed by atoms with Crippen LogP contribution in [0.2, 0.25) is 5.02 Å². The summed E-state index contributed by atoms with van der Waals surface area (Å²) in [5, 5.41) is 3.37. The Hall–Kier alpha value is -1.25. The molecule has 0 bridgehead atoms. The molecule has 0 radical (unpaired) electrons. The van der Waals surface area contributed by atoms with Crippen molar-refractivity contribution >= 4 is 39.3 Å². The summed E-state index contributed by atoms with van der Waals surface area (Å²) >= 11 is 9.71. The van der Waals surface area contributed by atoms with Crippen LogP contribution in [-0.2, 0) is 16.1 Å². The maximum absolute atomic E-state index is 13.2. The minimum Gasteiger partial charge on any atom is -0.347 e. The number of fused-ring (bicyclic) bond motifs is 1. The highest BCUT2D eigenvalue weighted by Crippen LogP contribution is 2.62. The number of halogens is 4. The molecule has 2 saturated carbocycles. The van der Waals surface area contributed by atoms with Crippen LogP contribution in [0.3, 0.4) is 0 Å². The molecule has 0 spiro atoms. The van der Waals surface area contributed by atoms with Crippen molar-refractivity contribution in [3.63, 3.8) is 0 Å². The maximum Gasteiger partial charge on any atom is 0.248 e. The van der Waals surface area contributed by atoms with Crippen LogP contribution in [0.25, 0.3) is 0 Å². The van der Waals surface area contributed by atoms with E-state index < -0.39 is 5.92 Å². The van der Waals surface area contributed by atoms with Crippen molar-refractivity contribution in [1.82, 2.24) is 15.1 Å². The van der Waals surface area contributed by atoms with Crippen LogP contribution in [-0.4, -0.2) is 60.3 Å². The minimum atomic E-state index is -2.62. The molecule has 29 heavy (non-hydrogen) atoms. The fourth-order valence-corrected chi connectivity index (χ4v) is 5.20. The van der Waals surface area contributed by atoms with E-state index in [2.05, 4.69) is 26.1 Å². The zero-order valence-corrected chi connectivity index (χ0v) is 18.2. The number of carbonyl (C=O) groups excluding carboxylic acids is 2.